The Hall–Kier alpha value is -2.13. The molecule has 0 aliphatic heterocycles. The molecule has 0 bridgehead atoms. The van der Waals surface area contributed by atoms with Crippen molar-refractivity contribution in [3.63, 3.8) is 0 Å². The third-order valence-electron chi connectivity index (χ3n) is 3.15. The fraction of sp³-hybridized carbons (Fsp3) is 0.118. The Morgan fingerprint density at radius 2 is 2.00 bits per heavy atom. The Morgan fingerprint density at radius 3 is 2.75 bits per heavy atom. The van der Waals surface area contributed by atoms with Gasteiger partial charge >= 0.3 is 0 Å². The van der Waals surface area contributed by atoms with Gasteiger partial charge in [0.2, 0.25) is 0 Å². The van der Waals surface area contributed by atoms with Gasteiger partial charge in [0, 0.05) is 20.7 Å². The monoisotopic (exact) mass is 282 g/mol. The molecule has 1 aromatic heterocycles. The van der Waals surface area contributed by atoms with Crippen LogP contribution in [0.25, 0.3) is 20.5 Å². The van der Waals surface area contributed by atoms with Crippen LogP contribution in [0.4, 0.5) is 0 Å². The van der Waals surface area contributed by atoms with E-state index in [-0.39, 0.29) is 0 Å². The number of rotatable bonds is 4. The van der Waals surface area contributed by atoms with Gasteiger partial charge in [-0.15, -0.1) is 11.3 Å². The Labute approximate surface area is 121 Å². The first-order valence-corrected chi connectivity index (χ1v) is 7.34. The normalized spacial score (nSPS) is 10.7. The molecule has 3 heteroatoms. The molecule has 0 aliphatic rings. The van der Waals surface area contributed by atoms with E-state index >= 15 is 0 Å². The fourth-order valence-electron chi connectivity index (χ4n) is 2.22. The van der Waals surface area contributed by atoms with Gasteiger partial charge < -0.3 is 4.74 Å². The highest BCUT2D eigenvalue weighted by molar-refractivity contribution is 7.22. The number of carbonyl (C=O) groups excluding carboxylic acids is 1. The number of fused-ring (bicyclic) bond motifs is 1. The predicted molar refractivity (Wildman–Crippen MR) is 83.8 cm³/mol. The van der Waals surface area contributed by atoms with Crippen molar-refractivity contribution in [2.75, 3.05) is 6.61 Å². The number of ether oxygens (including phenoxy) is 1. The summed E-state index contributed by atoms with van der Waals surface area (Å²) < 4.78 is 6.75. The number of hydrogen-bond donors (Lipinski definition) is 0. The maximum absolute atomic E-state index is 11.2. The quantitative estimate of drug-likeness (QED) is 0.644. The van der Waals surface area contributed by atoms with Crippen LogP contribution >= 0.6 is 11.3 Å². The summed E-state index contributed by atoms with van der Waals surface area (Å²) in [6.07, 6.45) is 0.898. The molecular weight excluding hydrogens is 268 g/mol. The highest BCUT2D eigenvalue weighted by atomic mass is 32.1. The molecule has 1 heterocycles. The molecule has 2 nitrogen and oxygen atoms in total. The van der Waals surface area contributed by atoms with Gasteiger partial charge in [-0.2, -0.15) is 0 Å². The molecule has 0 saturated carbocycles. The van der Waals surface area contributed by atoms with Gasteiger partial charge in [-0.05, 0) is 42.6 Å². The van der Waals surface area contributed by atoms with Crippen LogP contribution in [0, 0.1) is 0 Å². The van der Waals surface area contributed by atoms with Crippen LogP contribution in [0.15, 0.2) is 48.5 Å². The first kappa shape index (κ1) is 12.9. The minimum absolute atomic E-state index is 0.617. The number of thiophene rings is 1. The largest absolute Gasteiger partial charge is 0.494 e. The molecule has 20 heavy (non-hydrogen) atoms. The third-order valence-corrected chi connectivity index (χ3v) is 4.30. The second kappa shape index (κ2) is 5.47. The van der Waals surface area contributed by atoms with E-state index in [1.54, 1.807) is 11.3 Å². The van der Waals surface area contributed by atoms with E-state index in [4.69, 9.17) is 4.74 Å². The zero-order valence-corrected chi connectivity index (χ0v) is 11.9. The molecule has 3 rings (SSSR count). The van der Waals surface area contributed by atoms with Crippen molar-refractivity contribution in [1.29, 1.82) is 0 Å². The maximum atomic E-state index is 11.2. The van der Waals surface area contributed by atoms with E-state index in [9.17, 15) is 4.79 Å². The van der Waals surface area contributed by atoms with Crippen LogP contribution in [-0.2, 0) is 0 Å². The van der Waals surface area contributed by atoms with Crippen molar-refractivity contribution in [3.05, 3.63) is 54.1 Å². The Bertz CT molecular complexity index is 726. The third kappa shape index (κ3) is 2.32. The van der Waals surface area contributed by atoms with Gasteiger partial charge in [-0.1, -0.05) is 18.2 Å². The van der Waals surface area contributed by atoms with E-state index in [1.165, 1.54) is 10.1 Å². The fourth-order valence-corrected chi connectivity index (χ4v) is 3.32. The SMILES string of the molecule is CCOc1ccc(C=O)c(-c2cc3ccccc3s2)c1. The second-order valence-electron chi connectivity index (χ2n) is 4.45. The number of carbonyl (C=O) groups is 1. The van der Waals surface area contributed by atoms with Gasteiger partial charge in [-0.3, -0.25) is 4.79 Å². The molecule has 0 aliphatic carbocycles. The standard InChI is InChI=1S/C17H14O2S/c1-2-19-14-8-7-13(11-18)15(10-14)17-9-12-5-3-4-6-16(12)20-17/h3-11H,2H2,1H3. The number of aldehydes is 1. The lowest BCUT2D eigenvalue weighted by Crippen LogP contribution is -1.93. The van der Waals surface area contributed by atoms with Gasteiger partial charge in [0.25, 0.3) is 0 Å². The summed E-state index contributed by atoms with van der Waals surface area (Å²) in [7, 11) is 0. The molecule has 0 saturated heterocycles. The maximum Gasteiger partial charge on any atom is 0.150 e. The average molecular weight is 282 g/mol. The molecule has 0 amide bonds. The second-order valence-corrected chi connectivity index (χ2v) is 5.53. The van der Waals surface area contributed by atoms with Crippen molar-refractivity contribution < 1.29 is 9.53 Å². The summed E-state index contributed by atoms with van der Waals surface area (Å²) in [5.74, 6) is 0.797. The molecule has 0 unspecified atom stereocenters. The summed E-state index contributed by atoms with van der Waals surface area (Å²) >= 11 is 1.69. The highest BCUT2D eigenvalue weighted by Gasteiger charge is 2.10. The molecular formula is C17H14O2S. The Morgan fingerprint density at radius 1 is 1.15 bits per heavy atom. The zero-order valence-electron chi connectivity index (χ0n) is 11.1. The van der Waals surface area contributed by atoms with Crippen LogP contribution in [0.2, 0.25) is 0 Å². The molecule has 0 N–H and O–H groups in total. The lowest BCUT2D eigenvalue weighted by molar-refractivity contribution is 0.112. The first-order chi connectivity index (χ1) is 9.81. The summed E-state index contributed by atoms with van der Waals surface area (Å²) in [4.78, 5) is 12.3. The van der Waals surface area contributed by atoms with Crippen LogP contribution in [-0.4, -0.2) is 12.9 Å². The van der Waals surface area contributed by atoms with Crippen LogP contribution in [0.5, 0.6) is 5.75 Å². The molecule has 2 aromatic carbocycles. The Kier molecular flexibility index (Phi) is 3.52. The Balaban J connectivity index is 2.15. The van der Waals surface area contributed by atoms with Gasteiger partial charge in [0.15, 0.2) is 6.29 Å². The minimum atomic E-state index is 0.617. The lowest BCUT2D eigenvalue weighted by Gasteiger charge is -2.07. The van der Waals surface area contributed by atoms with Gasteiger partial charge in [0.05, 0.1) is 6.61 Å². The van der Waals surface area contributed by atoms with Crippen molar-refractivity contribution in [1.82, 2.24) is 0 Å². The molecule has 0 spiro atoms. The molecule has 0 radical (unpaired) electrons. The summed E-state index contributed by atoms with van der Waals surface area (Å²) in [6.45, 7) is 2.57. The summed E-state index contributed by atoms with van der Waals surface area (Å²) in [5, 5.41) is 1.20. The molecule has 3 aromatic rings. The van der Waals surface area contributed by atoms with Crippen LogP contribution in [0.1, 0.15) is 17.3 Å². The predicted octanol–water partition coefficient (Wildman–Crippen LogP) is 4.78. The van der Waals surface area contributed by atoms with Gasteiger partial charge in [-0.25, -0.2) is 0 Å². The van der Waals surface area contributed by atoms with E-state index in [0.29, 0.717) is 12.2 Å². The van der Waals surface area contributed by atoms with Crippen molar-refractivity contribution >= 4 is 27.7 Å². The van der Waals surface area contributed by atoms with E-state index < -0.39 is 0 Å². The number of hydrogen-bond acceptors (Lipinski definition) is 3. The highest BCUT2D eigenvalue weighted by Crippen LogP contribution is 2.36. The molecule has 0 fully saturated rings. The molecule has 0 atom stereocenters. The summed E-state index contributed by atoms with van der Waals surface area (Å²) in [5.41, 5.74) is 1.63. The van der Waals surface area contributed by atoms with Gasteiger partial charge in [0.1, 0.15) is 5.75 Å². The van der Waals surface area contributed by atoms with Crippen molar-refractivity contribution in [3.8, 4) is 16.2 Å². The summed E-state index contributed by atoms with van der Waals surface area (Å²) in [6, 6.07) is 16.0. The minimum Gasteiger partial charge on any atom is -0.494 e. The lowest BCUT2D eigenvalue weighted by atomic mass is 10.1. The van der Waals surface area contributed by atoms with Crippen molar-refractivity contribution in [2.45, 2.75) is 6.92 Å². The van der Waals surface area contributed by atoms with E-state index in [1.807, 2.05) is 37.3 Å². The van der Waals surface area contributed by atoms with Crippen LogP contribution in [0.3, 0.4) is 0 Å². The topological polar surface area (TPSA) is 26.3 Å². The average Bonchev–Trinajstić information content (AvgIpc) is 2.91. The molecule has 100 valence electrons. The van der Waals surface area contributed by atoms with E-state index in [2.05, 4.69) is 18.2 Å². The van der Waals surface area contributed by atoms with Crippen LogP contribution < -0.4 is 4.74 Å². The smallest absolute Gasteiger partial charge is 0.150 e. The first-order valence-electron chi connectivity index (χ1n) is 6.53. The number of benzene rings is 2. The van der Waals surface area contributed by atoms with Crippen molar-refractivity contribution in [2.24, 2.45) is 0 Å². The zero-order chi connectivity index (χ0) is 13.9. The van der Waals surface area contributed by atoms with E-state index in [0.717, 1.165) is 22.5 Å².